The minimum atomic E-state index is -0.135. The van der Waals surface area contributed by atoms with E-state index in [1.165, 1.54) is 0 Å². The van der Waals surface area contributed by atoms with Gasteiger partial charge in [0.2, 0.25) is 5.82 Å². The van der Waals surface area contributed by atoms with E-state index in [0.29, 0.717) is 18.4 Å². The summed E-state index contributed by atoms with van der Waals surface area (Å²) in [5.41, 5.74) is 1.98. The number of H-pyrrole nitrogens is 1. The molecular weight excluding hydrogens is 356 g/mol. The number of piperidine rings is 1. The van der Waals surface area contributed by atoms with E-state index < -0.39 is 0 Å². The molecule has 146 valence electrons. The van der Waals surface area contributed by atoms with Crippen LogP contribution in [0.2, 0.25) is 0 Å². The second-order valence-electron chi connectivity index (χ2n) is 7.57. The third-order valence-corrected chi connectivity index (χ3v) is 5.68. The van der Waals surface area contributed by atoms with Crippen molar-refractivity contribution in [1.29, 1.82) is 0 Å². The summed E-state index contributed by atoms with van der Waals surface area (Å²) in [5, 5.41) is 4.16. The van der Waals surface area contributed by atoms with E-state index in [-0.39, 0.29) is 5.60 Å². The Morgan fingerprint density at radius 2 is 1.96 bits per heavy atom. The fraction of sp³-hybridized carbons (Fsp3) is 0.450. The molecule has 0 saturated carbocycles. The van der Waals surface area contributed by atoms with E-state index in [4.69, 9.17) is 9.26 Å². The Labute approximate surface area is 163 Å². The first kappa shape index (κ1) is 17.4. The van der Waals surface area contributed by atoms with Crippen molar-refractivity contribution in [3.63, 3.8) is 0 Å². The normalized spacial score (nSPS) is 19.9. The first-order valence-electron chi connectivity index (χ1n) is 9.77. The molecule has 0 aliphatic carbocycles. The van der Waals surface area contributed by atoms with Crippen molar-refractivity contribution in [1.82, 2.24) is 25.0 Å². The van der Waals surface area contributed by atoms with Crippen LogP contribution >= 0.6 is 0 Å². The average Bonchev–Trinajstić information content (AvgIpc) is 3.43. The van der Waals surface area contributed by atoms with Crippen molar-refractivity contribution in [2.24, 2.45) is 0 Å². The number of aromatic nitrogens is 4. The zero-order valence-corrected chi connectivity index (χ0v) is 15.8. The Balaban J connectivity index is 1.24. The Morgan fingerprint density at radius 1 is 1.11 bits per heavy atom. The van der Waals surface area contributed by atoms with Gasteiger partial charge in [-0.1, -0.05) is 35.5 Å². The van der Waals surface area contributed by atoms with Gasteiger partial charge in [-0.05, 0) is 12.8 Å². The van der Waals surface area contributed by atoms with Gasteiger partial charge < -0.3 is 19.1 Å². The van der Waals surface area contributed by atoms with Gasteiger partial charge in [0, 0.05) is 43.6 Å². The van der Waals surface area contributed by atoms with Gasteiger partial charge in [-0.25, -0.2) is 4.98 Å². The van der Waals surface area contributed by atoms with E-state index in [9.17, 15) is 0 Å². The molecule has 8 heteroatoms. The quantitative estimate of drug-likeness (QED) is 0.744. The zero-order valence-electron chi connectivity index (χ0n) is 15.8. The molecule has 2 aliphatic heterocycles. The summed E-state index contributed by atoms with van der Waals surface area (Å²) in [6, 6.07) is 10.5. The van der Waals surface area contributed by atoms with E-state index in [0.717, 1.165) is 56.8 Å². The Morgan fingerprint density at radius 3 is 2.75 bits per heavy atom. The van der Waals surface area contributed by atoms with Crippen LogP contribution < -0.4 is 4.90 Å². The van der Waals surface area contributed by atoms with Gasteiger partial charge in [0.1, 0.15) is 0 Å². The maximum absolute atomic E-state index is 6.25. The molecule has 0 atom stereocenters. The largest absolute Gasteiger partial charge is 0.371 e. The lowest BCUT2D eigenvalue weighted by Crippen LogP contribution is -2.57. The maximum Gasteiger partial charge on any atom is 0.324 e. The molecule has 1 aromatic carbocycles. The standard InChI is InChI=1S/C20H24N6O2/c1-2-4-16(5-3-1)18-23-19(28-24-18)26-10-11-27-20(14-26)6-8-25(9-7-20)13-17-12-21-15-22-17/h1-5,12,15H,6-11,13-14H2,(H,21,22). The molecule has 0 bridgehead atoms. The third-order valence-electron chi connectivity index (χ3n) is 5.68. The SMILES string of the molecule is c1ccc(-c2noc(N3CCOC4(CCN(Cc5cnc[nH]5)CC4)C3)n2)cc1. The number of nitrogens with one attached hydrogen (secondary N) is 1. The zero-order chi connectivity index (χ0) is 18.8. The summed E-state index contributed by atoms with van der Waals surface area (Å²) < 4.78 is 11.8. The van der Waals surface area contributed by atoms with Gasteiger partial charge in [0.05, 0.1) is 25.1 Å². The molecule has 0 unspecified atom stereocenters. The lowest BCUT2D eigenvalue weighted by molar-refractivity contribution is -0.0932. The van der Waals surface area contributed by atoms with Crippen LogP contribution in [-0.2, 0) is 11.3 Å². The number of hydrogen-bond donors (Lipinski definition) is 1. The van der Waals surface area contributed by atoms with Crippen molar-refractivity contribution >= 4 is 6.01 Å². The van der Waals surface area contributed by atoms with Crippen molar-refractivity contribution < 1.29 is 9.26 Å². The summed E-state index contributed by atoms with van der Waals surface area (Å²) >= 11 is 0. The minimum Gasteiger partial charge on any atom is -0.371 e. The van der Waals surface area contributed by atoms with E-state index in [1.807, 2.05) is 36.5 Å². The highest BCUT2D eigenvalue weighted by molar-refractivity contribution is 5.55. The monoisotopic (exact) mass is 380 g/mol. The number of aromatic amines is 1. The van der Waals surface area contributed by atoms with Gasteiger partial charge in [0.25, 0.3) is 0 Å². The number of rotatable bonds is 4. The number of ether oxygens (including phenoxy) is 1. The summed E-state index contributed by atoms with van der Waals surface area (Å²) in [7, 11) is 0. The van der Waals surface area contributed by atoms with Crippen LogP contribution in [0.15, 0.2) is 47.4 Å². The Bertz CT molecular complexity index is 887. The number of morpholine rings is 1. The molecule has 4 heterocycles. The molecule has 2 aromatic heterocycles. The molecule has 1 spiro atoms. The smallest absolute Gasteiger partial charge is 0.324 e. The summed E-state index contributed by atoms with van der Waals surface area (Å²) in [6.45, 7) is 5.17. The third kappa shape index (κ3) is 3.53. The van der Waals surface area contributed by atoms with Crippen molar-refractivity contribution in [2.45, 2.75) is 25.0 Å². The topological polar surface area (TPSA) is 83.3 Å². The number of hydrogen-bond acceptors (Lipinski definition) is 7. The van der Waals surface area contributed by atoms with Crippen molar-refractivity contribution in [3.8, 4) is 11.4 Å². The average molecular weight is 380 g/mol. The van der Waals surface area contributed by atoms with Crippen LogP contribution in [0.4, 0.5) is 6.01 Å². The first-order valence-corrected chi connectivity index (χ1v) is 9.77. The summed E-state index contributed by atoms with van der Waals surface area (Å²) in [4.78, 5) is 16.5. The summed E-state index contributed by atoms with van der Waals surface area (Å²) in [6.07, 6.45) is 5.62. The Kier molecular flexibility index (Phi) is 4.58. The highest BCUT2D eigenvalue weighted by Gasteiger charge is 2.41. The second kappa shape index (κ2) is 7.37. The van der Waals surface area contributed by atoms with Crippen LogP contribution in [0.3, 0.4) is 0 Å². The minimum absolute atomic E-state index is 0.135. The van der Waals surface area contributed by atoms with Crippen LogP contribution in [0.5, 0.6) is 0 Å². The van der Waals surface area contributed by atoms with Crippen LogP contribution in [0.25, 0.3) is 11.4 Å². The first-order chi connectivity index (χ1) is 13.8. The van der Waals surface area contributed by atoms with Crippen LogP contribution in [0.1, 0.15) is 18.5 Å². The highest BCUT2D eigenvalue weighted by Crippen LogP contribution is 2.32. The van der Waals surface area contributed by atoms with Crippen molar-refractivity contribution in [3.05, 3.63) is 48.5 Å². The predicted octanol–water partition coefficient (Wildman–Crippen LogP) is 2.33. The predicted molar refractivity (Wildman–Crippen MR) is 104 cm³/mol. The van der Waals surface area contributed by atoms with Gasteiger partial charge in [-0.2, -0.15) is 4.98 Å². The second-order valence-corrected chi connectivity index (χ2v) is 7.57. The Hall–Kier alpha value is -2.71. The molecule has 2 aliphatic rings. The van der Waals surface area contributed by atoms with Gasteiger partial charge in [0.15, 0.2) is 0 Å². The van der Waals surface area contributed by atoms with Gasteiger partial charge in [-0.15, -0.1) is 0 Å². The van der Waals surface area contributed by atoms with E-state index >= 15 is 0 Å². The lowest BCUT2D eigenvalue weighted by atomic mass is 9.89. The fourth-order valence-corrected chi connectivity index (χ4v) is 4.09. The van der Waals surface area contributed by atoms with E-state index in [2.05, 4.69) is 29.9 Å². The fourth-order valence-electron chi connectivity index (χ4n) is 4.09. The molecule has 0 amide bonds. The molecule has 5 rings (SSSR count). The van der Waals surface area contributed by atoms with Crippen LogP contribution in [0, 0.1) is 0 Å². The number of imidazole rings is 1. The van der Waals surface area contributed by atoms with Gasteiger partial charge >= 0.3 is 6.01 Å². The molecule has 2 fully saturated rings. The van der Waals surface area contributed by atoms with Crippen molar-refractivity contribution in [2.75, 3.05) is 37.7 Å². The maximum atomic E-state index is 6.25. The number of anilines is 1. The molecule has 28 heavy (non-hydrogen) atoms. The molecule has 2 saturated heterocycles. The van der Waals surface area contributed by atoms with E-state index in [1.54, 1.807) is 6.33 Å². The number of benzene rings is 1. The molecular formula is C20H24N6O2. The molecule has 3 aromatic rings. The number of likely N-dealkylation sites (tertiary alicyclic amines) is 1. The van der Waals surface area contributed by atoms with Crippen LogP contribution in [-0.4, -0.2) is 63.4 Å². The molecule has 1 N–H and O–H groups in total. The van der Waals surface area contributed by atoms with Gasteiger partial charge in [-0.3, -0.25) is 4.90 Å². The highest BCUT2D eigenvalue weighted by atomic mass is 16.5. The molecule has 0 radical (unpaired) electrons. The molecule has 8 nitrogen and oxygen atoms in total. The lowest BCUT2D eigenvalue weighted by Gasteiger charge is -2.46. The number of nitrogens with zero attached hydrogens (tertiary/aromatic N) is 5. The summed E-state index contributed by atoms with van der Waals surface area (Å²) in [5.74, 6) is 0.630.